The zero-order valence-corrected chi connectivity index (χ0v) is 15.4. The van der Waals surface area contributed by atoms with E-state index in [1.807, 2.05) is 42.3 Å². The number of hydrogen-bond donors (Lipinski definition) is 2. The van der Waals surface area contributed by atoms with Gasteiger partial charge in [0.2, 0.25) is 5.91 Å². The highest BCUT2D eigenvalue weighted by atomic mass is 16.6. The van der Waals surface area contributed by atoms with Gasteiger partial charge < -0.3 is 14.8 Å². The maximum Gasteiger partial charge on any atom is 0.325 e. The third-order valence-electron chi connectivity index (χ3n) is 4.35. The number of anilines is 1. The highest BCUT2D eigenvalue weighted by molar-refractivity contribution is 6.02. The van der Waals surface area contributed by atoms with Gasteiger partial charge in [0, 0.05) is 18.3 Å². The minimum absolute atomic E-state index is 0.372. The number of carbonyl (C=O) groups excluding carboxylic acids is 2. The second-order valence-electron chi connectivity index (χ2n) is 6.38. The SMILES string of the molecule is C[C@H](C(=O)NC(=O)Nc1ccc2c(c1)OCCO2)N(C)Cc1ccccc1. The molecule has 0 saturated heterocycles. The van der Waals surface area contributed by atoms with Crippen LogP contribution in [-0.2, 0) is 11.3 Å². The van der Waals surface area contributed by atoms with Crippen LogP contribution in [0, 0.1) is 0 Å². The van der Waals surface area contributed by atoms with Crippen LogP contribution >= 0.6 is 0 Å². The molecular weight excluding hydrogens is 346 g/mol. The molecule has 0 fully saturated rings. The predicted octanol–water partition coefficient (Wildman–Crippen LogP) is 2.63. The quantitative estimate of drug-likeness (QED) is 0.847. The summed E-state index contributed by atoms with van der Waals surface area (Å²) in [6, 6.07) is 13.9. The average Bonchev–Trinajstić information content (AvgIpc) is 2.67. The van der Waals surface area contributed by atoms with Gasteiger partial charge in [-0.25, -0.2) is 4.79 Å². The topological polar surface area (TPSA) is 79.9 Å². The molecule has 1 heterocycles. The molecule has 1 aliphatic rings. The van der Waals surface area contributed by atoms with E-state index in [9.17, 15) is 9.59 Å². The van der Waals surface area contributed by atoms with Crippen molar-refractivity contribution in [3.05, 3.63) is 54.1 Å². The molecule has 2 aromatic rings. The Bertz CT molecular complexity index is 810. The van der Waals surface area contributed by atoms with Crippen molar-refractivity contribution in [2.75, 3.05) is 25.6 Å². The van der Waals surface area contributed by atoms with Gasteiger partial charge in [0.25, 0.3) is 0 Å². The summed E-state index contributed by atoms with van der Waals surface area (Å²) < 4.78 is 10.9. The van der Waals surface area contributed by atoms with Crippen molar-refractivity contribution >= 4 is 17.6 Å². The van der Waals surface area contributed by atoms with E-state index in [4.69, 9.17) is 9.47 Å². The number of nitrogens with zero attached hydrogens (tertiary/aromatic N) is 1. The zero-order chi connectivity index (χ0) is 19.2. The van der Waals surface area contributed by atoms with Crippen molar-refractivity contribution in [1.29, 1.82) is 0 Å². The molecule has 7 nitrogen and oxygen atoms in total. The van der Waals surface area contributed by atoms with E-state index in [1.54, 1.807) is 25.1 Å². The molecule has 0 aromatic heterocycles. The Balaban J connectivity index is 1.53. The molecule has 2 aromatic carbocycles. The minimum atomic E-state index is -0.586. The van der Waals surface area contributed by atoms with E-state index < -0.39 is 12.1 Å². The Hall–Kier alpha value is -3.06. The number of amides is 3. The predicted molar refractivity (Wildman–Crippen MR) is 102 cm³/mol. The normalized spacial score (nSPS) is 13.7. The van der Waals surface area contributed by atoms with Crippen LogP contribution in [0.2, 0.25) is 0 Å². The lowest BCUT2D eigenvalue weighted by Crippen LogP contribution is -2.46. The number of hydrogen-bond acceptors (Lipinski definition) is 5. The number of urea groups is 1. The van der Waals surface area contributed by atoms with Crippen molar-refractivity contribution in [3.8, 4) is 11.5 Å². The summed E-state index contributed by atoms with van der Waals surface area (Å²) in [6.45, 7) is 3.34. The van der Waals surface area contributed by atoms with E-state index in [0.717, 1.165) is 5.56 Å². The average molecular weight is 369 g/mol. The molecule has 0 unspecified atom stereocenters. The molecule has 3 amide bonds. The second-order valence-corrected chi connectivity index (χ2v) is 6.38. The van der Waals surface area contributed by atoms with Crippen LogP contribution in [0.4, 0.5) is 10.5 Å². The number of nitrogens with one attached hydrogen (secondary N) is 2. The van der Waals surface area contributed by atoms with Crippen LogP contribution in [0.5, 0.6) is 11.5 Å². The molecule has 7 heteroatoms. The molecule has 0 bridgehead atoms. The third kappa shape index (κ3) is 4.98. The van der Waals surface area contributed by atoms with Gasteiger partial charge in [-0.15, -0.1) is 0 Å². The molecule has 1 aliphatic heterocycles. The summed E-state index contributed by atoms with van der Waals surface area (Å²) in [5.74, 6) is 0.837. The molecule has 2 N–H and O–H groups in total. The van der Waals surface area contributed by atoms with Crippen LogP contribution in [0.1, 0.15) is 12.5 Å². The van der Waals surface area contributed by atoms with E-state index in [0.29, 0.717) is 36.9 Å². The highest BCUT2D eigenvalue weighted by Gasteiger charge is 2.20. The zero-order valence-electron chi connectivity index (χ0n) is 15.4. The first-order chi connectivity index (χ1) is 13.0. The van der Waals surface area contributed by atoms with E-state index in [1.165, 1.54) is 0 Å². The van der Waals surface area contributed by atoms with Crippen molar-refractivity contribution in [2.24, 2.45) is 0 Å². The summed E-state index contributed by atoms with van der Waals surface area (Å²) in [5, 5.41) is 5.01. The summed E-state index contributed by atoms with van der Waals surface area (Å²) in [4.78, 5) is 26.4. The Kier molecular flexibility index (Phi) is 5.93. The summed E-state index contributed by atoms with van der Waals surface area (Å²) in [6.07, 6.45) is 0. The Labute approximate surface area is 158 Å². The second kappa shape index (κ2) is 8.55. The fourth-order valence-corrected chi connectivity index (χ4v) is 2.71. The van der Waals surface area contributed by atoms with Crippen LogP contribution < -0.4 is 20.1 Å². The minimum Gasteiger partial charge on any atom is -0.486 e. The van der Waals surface area contributed by atoms with Crippen LogP contribution in [0.3, 0.4) is 0 Å². The summed E-state index contributed by atoms with van der Waals surface area (Å²) in [5.41, 5.74) is 1.62. The lowest BCUT2D eigenvalue weighted by Gasteiger charge is -2.23. The largest absolute Gasteiger partial charge is 0.486 e. The molecule has 0 radical (unpaired) electrons. The Morgan fingerprint density at radius 2 is 1.78 bits per heavy atom. The number of rotatable bonds is 5. The van der Waals surface area contributed by atoms with Crippen molar-refractivity contribution in [1.82, 2.24) is 10.2 Å². The fraction of sp³-hybridized carbons (Fsp3) is 0.300. The van der Waals surface area contributed by atoms with Crippen molar-refractivity contribution in [2.45, 2.75) is 19.5 Å². The highest BCUT2D eigenvalue weighted by Crippen LogP contribution is 2.32. The van der Waals surface area contributed by atoms with Crippen LogP contribution in [0.15, 0.2) is 48.5 Å². The number of imide groups is 1. The maximum absolute atomic E-state index is 12.3. The Morgan fingerprint density at radius 1 is 1.07 bits per heavy atom. The van der Waals surface area contributed by atoms with Crippen molar-refractivity contribution < 1.29 is 19.1 Å². The fourth-order valence-electron chi connectivity index (χ4n) is 2.71. The molecule has 142 valence electrons. The number of ether oxygens (including phenoxy) is 2. The third-order valence-corrected chi connectivity index (χ3v) is 4.35. The van der Waals surface area contributed by atoms with Gasteiger partial charge >= 0.3 is 6.03 Å². The van der Waals surface area contributed by atoms with E-state index in [2.05, 4.69) is 10.6 Å². The molecule has 3 rings (SSSR count). The smallest absolute Gasteiger partial charge is 0.325 e. The molecule has 0 saturated carbocycles. The van der Waals surface area contributed by atoms with Gasteiger partial charge in [-0.3, -0.25) is 15.0 Å². The molecule has 1 atom stereocenters. The first-order valence-corrected chi connectivity index (χ1v) is 8.78. The number of carbonyl (C=O) groups is 2. The van der Waals surface area contributed by atoms with Crippen LogP contribution in [0.25, 0.3) is 0 Å². The molecular formula is C20H23N3O4. The van der Waals surface area contributed by atoms with Gasteiger partial charge in [-0.1, -0.05) is 30.3 Å². The van der Waals surface area contributed by atoms with Gasteiger partial charge in [-0.2, -0.15) is 0 Å². The van der Waals surface area contributed by atoms with Gasteiger partial charge in [-0.05, 0) is 31.7 Å². The number of likely N-dealkylation sites (N-methyl/N-ethyl adjacent to an activating group) is 1. The van der Waals surface area contributed by atoms with E-state index in [-0.39, 0.29) is 5.91 Å². The van der Waals surface area contributed by atoms with Gasteiger partial charge in [0.1, 0.15) is 13.2 Å². The van der Waals surface area contributed by atoms with Gasteiger partial charge in [0.05, 0.1) is 6.04 Å². The molecule has 0 spiro atoms. The van der Waals surface area contributed by atoms with Crippen molar-refractivity contribution in [3.63, 3.8) is 0 Å². The standard InChI is InChI=1S/C20H23N3O4/c1-14(23(2)13-15-6-4-3-5-7-15)19(24)22-20(25)21-16-8-9-17-18(12-16)27-11-10-26-17/h3-9,12,14H,10-11,13H2,1-2H3,(H2,21,22,24,25)/t14-/m1/s1. The van der Waals surface area contributed by atoms with E-state index >= 15 is 0 Å². The first kappa shape index (κ1) is 18.7. The lowest BCUT2D eigenvalue weighted by molar-refractivity contribution is -0.124. The van der Waals surface area contributed by atoms with Crippen LogP contribution in [-0.4, -0.2) is 43.1 Å². The number of fused-ring (bicyclic) bond motifs is 1. The van der Waals surface area contributed by atoms with Gasteiger partial charge in [0.15, 0.2) is 11.5 Å². The summed E-state index contributed by atoms with van der Waals surface area (Å²) in [7, 11) is 1.84. The molecule has 27 heavy (non-hydrogen) atoms. The Morgan fingerprint density at radius 3 is 2.52 bits per heavy atom. The number of benzene rings is 2. The lowest BCUT2D eigenvalue weighted by atomic mass is 10.2. The maximum atomic E-state index is 12.3. The summed E-state index contributed by atoms with van der Waals surface area (Å²) >= 11 is 0. The monoisotopic (exact) mass is 369 g/mol. The molecule has 0 aliphatic carbocycles. The first-order valence-electron chi connectivity index (χ1n) is 8.78.